The van der Waals surface area contributed by atoms with Gasteiger partial charge in [-0.2, -0.15) is 0 Å². The first-order valence-corrected chi connectivity index (χ1v) is 7.11. The number of amides is 1. The number of ether oxygens (including phenoxy) is 1. The van der Waals surface area contributed by atoms with Gasteiger partial charge in [0.2, 0.25) is 0 Å². The minimum absolute atomic E-state index is 0.0163. The van der Waals surface area contributed by atoms with Gasteiger partial charge in [-0.25, -0.2) is 0 Å². The number of benzene rings is 1. The molecular formula is C17H20N2O2. The maximum Gasteiger partial charge on any atom is 0.262 e. The smallest absolute Gasteiger partial charge is 0.262 e. The van der Waals surface area contributed by atoms with Crippen LogP contribution in [0, 0.1) is 0 Å². The highest BCUT2D eigenvalue weighted by atomic mass is 16.5. The van der Waals surface area contributed by atoms with Gasteiger partial charge in [0.1, 0.15) is 5.75 Å². The van der Waals surface area contributed by atoms with E-state index < -0.39 is 0 Å². The zero-order chi connectivity index (χ0) is 15.1. The fraction of sp³-hybridized carbons (Fsp3) is 0.294. The van der Waals surface area contributed by atoms with E-state index in [1.807, 2.05) is 24.3 Å². The van der Waals surface area contributed by atoms with Crippen molar-refractivity contribution in [3.63, 3.8) is 0 Å². The highest BCUT2D eigenvalue weighted by Crippen LogP contribution is 2.21. The zero-order valence-electron chi connectivity index (χ0n) is 12.4. The van der Waals surface area contributed by atoms with Gasteiger partial charge >= 0.3 is 0 Å². The number of nitrogens with zero attached hydrogens (tertiary/aromatic N) is 1. The summed E-state index contributed by atoms with van der Waals surface area (Å²) in [6, 6.07) is 11.4. The minimum Gasteiger partial charge on any atom is -0.484 e. The van der Waals surface area contributed by atoms with Crippen molar-refractivity contribution in [3.05, 3.63) is 54.4 Å². The molecular weight excluding hydrogens is 264 g/mol. The first-order chi connectivity index (χ1) is 10.2. The summed E-state index contributed by atoms with van der Waals surface area (Å²) < 4.78 is 5.48. The summed E-state index contributed by atoms with van der Waals surface area (Å²) in [5, 5.41) is 2.72. The lowest BCUT2D eigenvalue weighted by molar-refractivity contribution is -0.118. The van der Waals surface area contributed by atoms with Crippen molar-refractivity contribution in [2.24, 2.45) is 0 Å². The third kappa shape index (κ3) is 4.60. The summed E-state index contributed by atoms with van der Waals surface area (Å²) in [5.74, 6) is 1.03. The fourth-order valence-electron chi connectivity index (χ4n) is 1.91. The van der Waals surface area contributed by atoms with Crippen LogP contribution in [0.1, 0.15) is 31.7 Å². The molecule has 1 unspecified atom stereocenters. The highest BCUT2D eigenvalue weighted by Gasteiger charge is 2.05. The SMILES string of the molecule is CCC(C)c1ccc(OCC(=O)Nc2cccnc2)cc1. The second-order valence-corrected chi connectivity index (χ2v) is 4.96. The van der Waals surface area contributed by atoms with Crippen LogP contribution in [0.15, 0.2) is 48.8 Å². The molecule has 0 spiro atoms. The van der Waals surface area contributed by atoms with Crippen LogP contribution in [0.25, 0.3) is 0 Å². The van der Waals surface area contributed by atoms with Crippen LogP contribution in [-0.4, -0.2) is 17.5 Å². The topological polar surface area (TPSA) is 51.2 Å². The molecule has 1 amide bonds. The largest absolute Gasteiger partial charge is 0.484 e. The van der Waals surface area contributed by atoms with Gasteiger partial charge in [0, 0.05) is 6.20 Å². The number of aromatic nitrogens is 1. The Balaban J connectivity index is 1.84. The Hall–Kier alpha value is -2.36. The molecule has 4 heteroatoms. The molecule has 110 valence electrons. The van der Waals surface area contributed by atoms with Crippen molar-refractivity contribution in [2.75, 3.05) is 11.9 Å². The number of hydrogen-bond donors (Lipinski definition) is 1. The molecule has 1 heterocycles. The third-order valence-electron chi connectivity index (χ3n) is 3.38. The van der Waals surface area contributed by atoms with E-state index in [9.17, 15) is 4.79 Å². The summed E-state index contributed by atoms with van der Waals surface area (Å²) in [4.78, 5) is 15.7. The zero-order valence-corrected chi connectivity index (χ0v) is 12.4. The fourth-order valence-corrected chi connectivity index (χ4v) is 1.91. The molecule has 21 heavy (non-hydrogen) atoms. The van der Waals surface area contributed by atoms with Crippen LogP contribution in [-0.2, 0) is 4.79 Å². The van der Waals surface area contributed by atoms with Gasteiger partial charge in [-0.3, -0.25) is 9.78 Å². The number of pyridine rings is 1. The molecule has 1 aromatic carbocycles. The number of rotatable bonds is 6. The number of hydrogen-bond acceptors (Lipinski definition) is 3. The molecule has 0 fully saturated rings. The lowest BCUT2D eigenvalue weighted by Crippen LogP contribution is -2.20. The molecule has 1 atom stereocenters. The van der Waals surface area contributed by atoms with Crippen LogP contribution < -0.4 is 10.1 Å². The summed E-state index contributed by atoms with van der Waals surface area (Å²) >= 11 is 0. The summed E-state index contributed by atoms with van der Waals surface area (Å²) in [6.07, 6.45) is 4.36. The summed E-state index contributed by atoms with van der Waals surface area (Å²) in [5.41, 5.74) is 1.95. The van der Waals surface area contributed by atoms with E-state index in [1.165, 1.54) is 5.56 Å². The maximum absolute atomic E-state index is 11.7. The van der Waals surface area contributed by atoms with Gasteiger partial charge in [0.25, 0.3) is 5.91 Å². The van der Waals surface area contributed by atoms with E-state index in [-0.39, 0.29) is 12.5 Å². The van der Waals surface area contributed by atoms with Crippen LogP contribution in [0.5, 0.6) is 5.75 Å². The van der Waals surface area contributed by atoms with Gasteiger partial charge in [0.15, 0.2) is 6.61 Å². The molecule has 1 aromatic heterocycles. The first kappa shape index (κ1) is 15.0. The first-order valence-electron chi connectivity index (χ1n) is 7.11. The van der Waals surface area contributed by atoms with Gasteiger partial charge in [0.05, 0.1) is 11.9 Å². The van der Waals surface area contributed by atoms with Crippen molar-refractivity contribution < 1.29 is 9.53 Å². The number of carbonyl (C=O) groups excluding carboxylic acids is 1. The normalized spacial score (nSPS) is 11.7. The molecule has 1 N–H and O–H groups in total. The Bertz CT molecular complexity index is 567. The van der Waals surface area contributed by atoms with Crippen LogP contribution in [0.2, 0.25) is 0 Å². The molecule has 4 nitrogen and oxygen atoms in total. The van der Waals surface area contributed by atoms with Crippen molar-refractivity contribution in [3.8, 4) is 5.75 Å². The van der Waals surface area contributed by atoms with E-state index in [0.717, 1.165) is 6.42 Å². The molecule has 2 aromatic rings. The van der Waals surface area contributed by atoms with Crippen LogP contribution in [0.4, 0.5) is 5.69 Å². The van der Waals surface area contributed by atoms with E-state index in [4.69, 9.17) is 4.74 Å². The Kier molecular flexibility index (Phi) is 5.32. The average Bonchev–Trinajstić information content (AvgIpc) is 2.53. The van der Waals surface area contributed by atoms with Crippen molar-refractivity contribution >= 4 is 11.6 Å². The number of anilines is 1. The average molecular weight is 284 g/mol. The third-order valence-corrected chi connectivity index (χ3v) is 3.38. The van der Waals surface area contributed by atoms with Gasteiger partial charge in [-0.1, -0.05) is 26.0 Å². The Morgan fingerprint density at radius 3 is 2.67 bits per heavy atom. The number of nitrogens with one attached hydrogen (secondary N) is 1. The van der Waals surface area contributed by atoms with Crippen molar-refractivity contribution in [2.45, 2.75) is 26.2 Å². The molecule has 0 aliphatic heterocycles. The quantitative estimate of drug-likeness (QED) is 0.881. The second-order valence-electron chi connectivity index (χ2n) is 4.96. The molecule has 0 aliphatic carbocycles. The monoisotopic (exact) mass is 284 g/mol. The Morgan fingerprint density at radius 1 is 1.29 bits per heavy atom. The predicted molar refractivity (Wildman–Crippen MR) is 83.5 cm³/mol. The lowest BCUT2D eigenvalue weighted by atomic mass is 9.99. The van der Waals surface area contributed by atoms with E-state index in [1.54, 1.807) is 24.5 Å². The standard InChI is InChI=1S/C17H20N2O2/c1-3-13(2)14-6-8-16(9-7-14)21-12-17(20)19-15-5-4-10-18-11-15/h4-11,13H,3,12H2,1-2H3,(H,19,20). The molecule has 0 saturated carbocycles. The highest BCUT2D eigenvalue weighted by molar-refractivity contribution is 5.91. The number of carbonyl (C=O) groups is 1. The Labute approximate surface area is 125 Å². The van der Waals surface area contributed by atoms with Crippen LogP contribution >= 0.6 is 0 Å². The van der Waals surface area contributed by atoms with E-state index in [0.29, 0.717) is 17.4 Å². The Morgan fingerprint density at radius 2 is 2.05 bits per heavy atom. The summed E-state index contributed by atoms with van der Waals surface area (Å²) in [6.45, 7) is 4.34. The second kappa shape index (κ2) is 7.43. The molecule has 0 bridgehead atoms. The van der Waals surface area contributed by atoms with Crippen LogP contribution in [0.3, 0.4) is 0 Å². The van der Waals surface area contributed by atoms with Gasteiger partial charge < -0.3 is 10.1 Å². The summed E-state index contributed by atoms with van der Waals surface area (Å²) in [7, 11) is 0. The maximum atomic E-state index is 11.7. The van der Waals surface area contributed by atoms with Gasteiger partial charge in [-0.05, 0) is 42.2 Å². The lowest BCUT2D eigenvalue weighted by Gasteiger charge is -2.11. The predicted octanol–water partition coefficient (Wildman–Crippen LogP) is 3.61. The van der Waals surface area contributed by atoms with Crippen molar-refractivity contribution in [1.82, 2.24) is 4.98 Å². The van der Waals surface area contributed by atoms with E-state index in [2.05, 4.69) is 24.1 Å². The molecule has 0 radical (unpaired) electrons. The molecule has 2 rings (SSSR count). The molecule has 0 saturated heterocycles. The molecule has 0 aliphatic rings. The van der Waals surface area contributed by atoms with Crippen molar-refractivity contribution in [1.29, 1.82) is 0 Å². The van der Waals surface area contributed by atoms with E-state index >= 15 is 0 Å². The minimum atomic E-state index is -0.200. The van der Waals surface area contributed by atoms with Gasteiger partial charge in [-0.15, -0.1) is 0 Å².